The van der Waals surface area contributed by atoms with E-state index in [1.165, 1.54) is 41.1 Å². The molecule has 0 aliphatic carbocycles. The second kappa shape index (κ2) is 8.76. The fourth-order valence-corrected chi connectivity index (χ4v) is 5.61. The van der Waals surface area contributed by atoms with Gasteiger partial charge in [-0.15, -0.1) is 11.3 Å². The Labute approximate surface area is 171 Å². The van der Waals surface area contributed by atoms with E-state index in [-0.39, 0.29) is 24.3 Å². The summed E-state index contributed by atoms with van der Waals surface area (Å²) >= 11 is 7.27. The third-order valence-electron chi connectivity index (χ3n) is 4.36. The average Bonchev–Trinajstić information content (AvgIpc) is 3.11. The zero-order chi connectivity index (χ0) is 20.3. The number of thiophene rings is 1. The van der Waals surface area contributed by atoms with Gasteiger partial charge in [0.2, 0.25) is 10.0 Å². The highest BCUT2D eigenvalue weighted by Gasteiger charge is 2.40. The molecule has 1 fully saturated rings. The highest BCUT2D eigenvalue weighted by molar-refractivity contribution is 7.89. The molecular weight excluding hydrogens is 428 g/mol. The molecule has 8 nitrogen and oxygen atoms in total. The number of rotatable bonds is 6. The largest absolute Gasteiger partial charge is 0.488 e. The van der Waals surface area contributed by atoms with Gasteiger partial charge in [-0.3, -0.25) is 10.0 Å². The summed E-state index contributed by atoms with van der Waals surface area (Å²) < 4.78 is 33.1. The number of carbonyl (C=O) groups is 1. The number of aliphatic hydroxyl groups excluding tert-OH is 1. The Bertz CT molecular complexity index is 931. The van der Waals surface area contributed by atoms with Crippen LogP contribution in [0.1, 0.15) is 17.7 Å². The fourth-order valence-electron chi connectivity index (χ4n) is 2.95. The standard InChI is InChI=1S/C17H19ClN2O6S2/c18-16-8-4-13(27-16)10-26-12-2-5-14(6-3-12)28(24,25)20-9-11(21)1-7-15(20)17(22)19-23/h2-6,8,11,15,21,23H,1,7,9-10H2,(H,19,22)/t11-,15-/m1/s1. The van der Waals surface area contributed by atoms with Crippen molar-refractivity contribution in [2.45, 2.75) is 36.5 Å². The SMILES string of the molecule is O=C(NO)[C@H]1CC[C@@H](O)CN1S(=O)(=O)c1ccc(OCc2ccc(Cl)s2)cc1. The number of piperidine rings is 1. The van der Waals surface area contributed by atoms with Crippen molar-refractivity contribution in [3.8, 4) is 5.75 Å². The van der Waals surface area contributed by atoms with E-state index >= 15 is 0 Å². The molecule has 152 valence electrons. The van der Waals surface area contributed by atoms with Gasteiger partial charge >= 0.3 is 0 Å². The third-order valence-corrected chi connectivity index (χ3v) is 7.46. The highest BCUT2D eigenvalue weighted by atomic mass is 35.5. The molecule has 0 unspecified atom stereocenters. The summed E-state index contributed by atoms with van der Waals surface area (Å²) in [6.07, 6.45) is -0.501. The van der Waals surface area contributed by atoms with Crippen molar-refractivity contribution in [2.24, 2.45) is 0 Å². The van der Waals surface area contributed by atoms with Crippen molar-refractivity contribution >= 4 is 38.9 Å². The topological polar surface area (TPSA) is 116 Å². The molecule has 1 aliphatic rings. The summed E-state index contributed by atoms with van der Waals surface area (Å²) in [5.74, 6) is -0.350. The predicted octanol–water partition coefficient (Wildman–Crippen LogP) is 2.00. The first kappa shape index (κ1) is 21.0. The Balaban J connectivity index is 1.75. The van der Waals surface area contributed by atoms with E-state index in [1.54, 1.807) is 6.07 Å². The van der Waals surface area contributed by atoms with Crippen LogP contribution in [-0.4, -0.2) is 47.6 Å². The van der Waals surface area contributed by atoms with Crippen LogP contribution in [0.4, 0.5) is 0 Å². The quantitative estimate of drug-likeness (QED) is 0.461. The summed E-state index contributed by atoms with van der Waals surface area (Å²) in [7, 11) is -4.05. The molecule has 1 amide bonds. The van der Waals surface area contributed by atoms with Gasteiger partial charge in [-0.1, -0.05) is 11.6 Å². The molecule has 2 aromatic rings. The maximum absolute atomic E-state index is 13.0. The van der Waals surface area contributed by atoms with Gasteiger partial charge in [0.15, 0.2) is 0 Å². The first-order chi connectivity index (χ1) is 13.3. The van der Waals surface area contributed by atoms with E-state index in [2.05, 4.69) is 0 Å². The van der Waals surface area contributed by atoms with E-state index in [9.17, 15) is 18.3 Å². The Hall–Kier alpha value is -1.69. The first-order valence-corrected chi connectivity index (χ1v) is 11.1. The van der Waals surface area contributed by atoms with Crippen molar-refractivity contribution in [1.29, 1.82) is 0 Å². The number of aliphatic hydroxyl groups is 1. The second-order valence-corrected chi connectivity index (χ2v) is 9.95. The van der Waals surface area contributed by atoms with E-state index in [0.717, 1.165) is 9.18 Å². The number of carbonyl (C=O) groups excluding carboxylic acids is 1. The lowest BCUT2D eigenvalue weighted by molar-refractivity contribution is -0.135. The van der Waals surface area contributed by atoms with Gasteiger partial charge in [0.25, 0.3) is 5.91 Å². The van der Waals surface area contributed by atoms with Gasteiger partial charge in [-0.2, -0.15) is 4.31 Å². The molecule has 3 rings (SSSR count). The zero-order valence-electron chi connectivity index (χ0n) is 14.6. The van der Waals surface area contributed by atoms with Crippen LogP contribution in [0.15, 0.2) is 41.3 Å². The molecule has 2 atom stereocenters. The molecular formula is C17H19ClN2O6S2. The smallest absolute Gasteiger partial charge is 0.261 e. The number of amides is 1. The van der Waals surface area contributed by atoms with Crippen molar-refractivity contribution < 1.29 is 28.3 Å². The fraction of sp³-hybridized carbons (Fsp3) is 0.353. The van der Waals surface area contributed by atoms with Crippen molar-refractivity contribution in [1.82, 2.24) is 9.79 Å². The van der Waals surface area contributed by atoms with Crippen LogP contribution in [0.2, 0.25) is 4.34 Å². The lowest BCUT2D eigenvalue weighted by Crippen LogP contribution is -2.54. The van der Waals surface area contributed by atoms with Gasteiger partial charge in [-0.25, -0.2) is 13.9 Å². The first-order valence-electron chi connectivity index (χ1n) is 8.42. The number of hydrogen-bond acceptors (Lipinski definition) is 7. The number of ether oxygens (including phenoxy) is 1. The number of β-amino-alcohol motifs (C(OH)–C–C–N with tert-alkyl or cyclic N) is 1. The molecule has 28 heavy (non-hydrogen) atoms. The van der Waals surface area contributed by atoms with Gasteiger partial charge in [0.05, 0.1) is 15.3 Å². The normalized spacial score (nSPS) is 20.7. The molecule has 0 radical (unpaired) electrons. The van der Waals surface area contributed by atoms with E-state index in [4.69, 9.17) is 21.5 Å². The van der Waals surface area contributed by atoms with Crippen LogP contribution in [0.3, 0.4) is 0 Å². The molecule has 1 aromatic heterocycles. The number of nitrogens with one attached hydrogen (secondary N) is 1. The van der Waals surface area contributed by atoms with Crippen LogP contribution in [0.5, 0.6) is 5.75 Å². The van der Waals surface area contributed by atoms with Gasteiger partial charge in [-0.05, 0) is 49.2 Å². The molecule has 1 aliphatic heterocycles. The van der Waals surface area contributed by atoms with Crippen LogP contribution >= 0.6 is 22.9 Å². The monoisotopic (exact) mass is 446 g/mol. The lowest BCUT2D eigenvalue weighted by Gasteiger charge is -2.35. The Kier molecular flexibility index (Phi) is 6.58. The molecule has 1 aromatic carbocycles. The van der Waals surface area contributed by atoms with Crippen LogP contribution in [-0.2, 0) is 21.4 Å². The molecule has 3 N–H and O–H groups in total. The number of benzene rings is 1. The molecule has 11 heteroatoms. The number of hydrogen-bond donors (Lipinski definition) is 3. The van der Waals surface area contributed by atoms with Crippen molar-refractivity contribution in [3.05, 3.63) is 45.6 Å². The van der Waals surface area contributed by atoms with E-state index in [0.29, 0.717) is 16.7 Å². The van der Waals surface area contributed by atoms with Crippen LogP contribution < -0.4 is 10.2 Å². The Morgan fingerprint density at radius 1 is 1.25 bits per heavy atom. The minimum atomic E-state index is -4.05. The lowest BCUT2D eigenvalue weighted by atomic mass is 10.0. The van der Waals surface area contributed by atoms with Gasteiger partial charge < -0.3 is 9.84 Å². The summed E-state index contributed by atoms with van der Waals surface area (Å²) in [6, 6.07) is 8.32. The summed E-state index contributed by atoms with van der Waals surface area (Å²) in [4.78, 5) is 12.8. The maximum Gasteiger partial charge on any atom is 0.261 e. The van der Waals surface area contributed by atoms with Crippen molar-refractivity contribution in [3.63, 3.8) is 0 Å². The molecule has 0 spiro atoms. The Morgan fingerprint density at radius 2 is 1.96 bits per heavy atom. The molecule has 1 saturated heterocycles. The van der Waals surface area contributed by atoms with E-state index in [1.807, 2.05) is 6.07 Å². The highest BCUT2D eigenvalue weighted by Crippen LogP contribution is 2.28. The zero-order valence-corrected chi connectivity index (χ0v) is 17.0. The maximum atomic E-state index is 13.0. The number of hydroxylamine groups is 1. The van der Waals surface area contributed by atoms with Gasteiger partial charge in [0, 0.05) is 11.4 Å². The molecule has 0 saturated carbocycles. The third kappa shape index (κ3) is 4.65. The minimum absolute atomic E-state index is 0.0381. The number of halogens is 1. The second-order valence-electron chi connectivity index (χ2n) is 6.26. The number of nitrogens with zero attached hydrogens (tertiary/aromatic N) is 1. The molecule has 2 heterocycles. The van der Waals surface area contributed by atoms with Gasteiger partial charge in [0.1, 0.15) is 18.4 Å². The predicted molar refractivity (Wildman–Crippen MR) is 103 cm³/mol. The number of sulfonamides is 1. The van der Waals surface area contributed by atoms with E-state index < -0.39 is 28.1 Å². The summed E-state index contributed by atoms with van der Waals surface area (Å²) in [5.41, 5.74) is 1.49. The van der Waals surface area contributed by atoms with Crippen molar-refractivity contribution in [2.75, 3.05) is 6.54 Å². The Morgan fingerprint density at radius 3 is 2.57 bits per heavy atom. The molecule has 0 bridgehead atoms. The summed E-state index contributed by atoms with van der Waals surface area (Å²) in [6.45, 7) is 0.0817. The summed E-state index contributed by atoms with van der Waals surface area (Å²) in [5, 5.41) is 18.7. The minimum Gasteiger partial charge on any atom is -0.488 e. The van der Waals surface area contributed by atoms with Crippen LogP contribution in [0.25, 0.3) is 0 Å². The average molecular weight is 447 g/mol. The van der Waals surface area contributed by atoms with Crippen LogP contribution in [0, 0.1) is 0 Å².